The molecule has 158 valence electrons. The lowest BCUT2D eigenvalue weighted by atomic mass is 9.72. The van der Waals surface area contributed by atoms with Crippen molar-refractivity contribution in [1.29, 1.82) is 0 Å². The first kappa shape index (κ1) is 20.3. The Morgan fingerprint density at radius 3 is 2.55 bits per heavy atom. The van der Waals surface area contributed by atoms with Crippen LogP contribution in [0.25, 0.3) is 16.8 Å². The van der Waals surface area contributed by atoms with Gasteiger partial charge in [0.2, 0.25) is 0 Å². The van der Waals surface area contributed by atoms with Crippen molar-refractivity contribution in [2.45, 2.75) is 44.4 Å². The Hall–Kier alpha value is -2.65. The Bertz CT molecular complexity index is 1230. The van der Waals surface area contributed by atoms with Crippen molar-refractivity contribution in [3.05, 3.63) is 99.1 Å². The smallest absolute Gasteiger partial charge is 0.142 e. The molecule has 0 spiro atoms. The summed E-state index contributed by atoms with van der Waals surface area (Å²) in [7, 11) is 0. The van der Waals surface area contributed by atoms with Crippen LogP contribution < -0.4 is 5.73 Å². The Labute approximate surface area is 186 Å². The van der Waals surface area contributed by atoms with Crippen molar-refractivity contribution in [2.24, 2.45) is 5.73 Å². The molecule has 0 aliphatic heterocycles. The zero-order valence-electron chi connectivity index (χ0n) is 17.6. The van der Waals surface area contributed by atoms with E-state index in [0.29, 0.717) is 40.8 Å². The van der Waals surface area contributed by atoms with E-state index >= 15 is 8.78 Å². The zero-order chi connectivity index (χ0) is 21.9. The van der Waals surface area contributed by atoms with Gasteiger partial charge in [0, 0.05) is 33.7 Å². The van der Waals surface area contributed by atoms with Crippen LogP contribution in [0.2, 0.25) is 5.02 Å². The van der Waals surface area contributed by atoms with Crippen LogP contribution in [0.3, 0.4) is 0 Å². The maximum atomic E-state index is 15.8. The first-order valence-electron chi connectivity index (χ1n) is 10.7. The first-order chi connectivity index (χ1) is 14.9. The maximum Gasteiger partial charge on any atom is 0.142 e. The molecule has 2 unspecified atom stereocenters. The molecular weight excluding hydrogens is 412 g/mol. The van der Waals surface area contributed by atoms with Crippen molar-refractivity contribution in [3.63, 3.8) is 0 Å². The quantitative estimate of drug-likeness (QED) is 0.464. The molecule has 2 aliphatic carbocycles. The van der Waals surface area contributed by atoms with E-state index in [4.69, 9.17) is 17.3 Å². The predicted octanol–water partition coefficient (Wildman–Crippen LogP) is 7.15. The number of halogens is 3. The van der Waals surface area contributed by atoms with Crippen LogP contribution in [0.1, 0.15) is 54.0 Å². The molecule has 0 bridgehead atoms. The van der Waals surface area contributed by atoms with Gasteiger partial charge in [0.1, 0.15) is 11.6 Å². The molecule has 0 amide bonds. The minimum absolute atomic E-state index is 0.0297. The average molecular weight is 436 g/mol. The van der Waals surface area contributed by atoms with Crippen molar-refractivity contribution >= 4 is 17.3 Å². The van der Waals surface area contributed by atoms with Gasteiger partial charge in [-0.3, -0.25) is 0 Å². The van der Waals surface area contributed by atoms with Gasteiger partial charge in [0.25, 0.3) is 0 Å². The molecule has 31 heavy (non-hydrogen) atoms. The lowest BCUT2D eigenvalue weighted by molar-refractivity contribution is 0.459. The van der Waals surface area contributed by atoms with E-state index in [9.17, 15) is 0 Å². The van der Waals surface area contributed by atoms with E-state index in [2.05, 4.69) is 19.1 Å². The molecule has 3 aromatic rings. The summed E-state index contributed by atoms with van der Waals surface area (Å²) in [6.45, 7) is 4.18. The Kier molecular flexibility index (Phi) is 4.71. The largest absolute Gasteiger partial charge is 0.398 e. The molecule has 4 heteroatoms. The molecular formula is C27H24ClF2N. The van der Waals surface area contributed by atoms with E-state index in [0.717, 1.165) is 23.1 Å². The number of aryl methyl sites for hydroxylation is 1. The van der Waals surface area contributed by atoms with Gasteiger partial charge in [-0.1, -0.05) is 80.4 Å². The summed E-state index contributed by atoms with van der Waals surface area (Å²) in [6.07, 6.45) is 4.06. The van der Waals surface area contributed by atoms with E-state index in [-0.39, 0.29) is 22.2 Å². The Balaban J connectivity index is 1.87. The highest BCUT2D eigenvalue weighted by atomic mass is 35.5. The molecule has 0 heterocycles. The van der Waals surface area contributed by atoms with Crippen LogP contribution in [0.4, 0.5) is 8.78 Å². The van der Waals surface area contributed by atoms with Gasteiger partial charge in [0.05, 0.1) is 5.02 Å². The van der Waals surface area contributed by atoms with Gasteiger partial charge in [-0.25, -0.2) is 8.78 Å². The lowest BCUT2D eigenvalue weighted by Gasteiger charge is -2.31. The number of hydrogen-bond acceptors (Lipinski definition) is 1. The lowest BCUT2D eigenvalue weighted by Crippen LogP contribution is -2.26. The molecule has 2 N–H and O–H groups in total. The van der Waals surface area contributed by atoms with Gasteiger partial charge in [-0.05, 0) is 41.2 Å². The second-order valence-electron chi connectivity index (χ2n) is 8.89. The number of allylic oxidation sites excluding steroid dienone is 1. The van der Waals surface area contributed by atoms with Gasteiger partial charge in [-0.2, -0.15) is 0 Å². The Morgan fingerprint density at radius 2 is 1.84 bits per heavy atom. The summed E-state index contributed by atoms with van der Waals surface area (Å²) < 4.78 is 30.8. The summed E-state index contributed by atoms with van der Waals surface area (Å²) in [4.78, 5) is 0. The Morgan fingerprint density at radius 1 is 1.10 bits per heavy atom. The van der Waals surface area contributed by atoms with Crippen LogP contribution >= 0.6 is 11.6 Å². The number of hydrogen-bond donors (Lipinski definition) is 1. The highest BCUT2D eigenvalue weighted by Gasteiger charge is 2.46. The highest BCUT2D eigenvalue weighted by Crippen LogP contribution is 2.57. The number of benzene rings is 3. The van der Waals surface area contributed by atoms with Gasteiger partial charge in [-0.15, -0.1) is 0 Å². The second kappa shape index (κ2) is 7.20. The third-order valence-electron chi connectivity index (χ3n) is 6.98. The molecule has 5 rings (SSSR count). The average Bonchev–Trinajstić information content (AvgIpc) is 2.95. The van der Waals surface area contributed by atoms with Crippen LogP contribution in [-0.4, -0.2) is 0 Å². The van der Waals surface area contributed by atoms with Gasteiger partial charge < -0.3 is 5.73 Å². The summed E-state index contributed by atoms with van der Waals surface area (Å²) in [5.41, 5.74) is 11.6. The monoisotopic (exact) mass is 435 g/mol. The summed E-state index contributed by atoms with van der Waals surface area (Å²) in [5, 5.41) is -0.0297. The van der Waals surface area contributed by atoms with Crippen molar-refractivity contribution in [1.82, 2.24) is 0 Å². The molecule has 0 aromatic heterocycles. The SMILES string of the molecule is CCCc1ccc2c(c1F)-c1c(Cl)c(F)cc3c1C(C=C2N)C(C)(c1ccccc1)C3. The van der Waals surface area contributed by atoms with Gasteiger partial charge >= 0.3 is 0 Å². The predicted molar refractivity (Wildman–Crippen MR) is 123 cm³/mol. The zero-order valence-corrected chi connectivity index (χ0v) is 18.4. The van der Waals surface area contributed by atoms with Crippen LogP contribution in [0, 0.1) is 11.6 Å². The van der Waals surface area contributed by atoms with Crippen LogP contribution in [0.5, 0.6) is 0 Å². The van der Waals surface area contributed by atoms with Crippen molar-refractivity contribution in [2.75, 3.05) is 0 Å². The first-order valence-corrected chi connectivity index (χ1v) is 11.1. The fourth-order valence-corrected chi connectivity index (χ4v) is 5.72. The van der Waals surface area contributed by atoms with Crippen LogP contribution in [-0.2, 0) is 18.3 Å². The molecule has 3 aromatic carbocycles. The summed E-state index contributed by atoms with van der Waals surface area (Å²) in [6, 6.07) is 15.3. The molecule has 0 saturated carbocycles. The fraction of sp³-hybridized carbons (Fsp3) is 0.259. The van der Waals surface area contributed by atoms with E-state index < -0.39 is 5.82 Å². The minimum Gasteiger partial charge on any atom is -0.398 e. The molecule has 0 saturated heterocycles. The molecule has 0 fully saturated rings. The van der Waals surface area contributed by atoms with Crippen LogP contribution in [0.15, 0.2) is 54.6 Å². The van der Waals surface area contributed by atoms with Crippen molar-refractivity contribution < 1.29 is 8.78 Å². The highest BCUT2D eigenvalue weighted by molar-refractivity contribution is 6.34. The fourth-order valence-electron chi connectivity index (χ4n) is 5.47. The standard InChI is InChI=1S/C27H24ClF2N/c1-3-7-15-10-11-18-21(31)13-19-22-16(14-27(19,2)17-8-5-4-6-9-17)12-20(29)25(28)24(22)23(18)26(15)30/h4-6,8-13,19H,3,7,14,31H2,1-2H3. The number of nitrogens with two attached hydrogens (primary N) is 1. The molecule has 2 aliphatic rings. The third kappa shape index (κ3) is 2.86. The van der Waals surface area contributed by atoms with E-state index in [1.807, 2.05) is 37.3 Å². The van der Waals surface area contributed by atoms with Crippen molar-refractivity contribution in [3.8, 4) is 11.1 Å². The van der Waals surface area contributed by atoms with E-state index in [1.165, 1.54) is 6.07 Å². The third-order valence-corrected chi connectivity index (χ3v) is 7.35. The maximum absolute atomic E-state index is 15.8. The molecule has 0 radical (unpaired) electrons. The minimum atomic E-state index is -0.516. The van der Waals surface area contributed by atoms with Gasteiger partial charge in [0.15, 0.2) is 0 Å². The molecule has 2 atom stereocenters. The normalized spacial score (nSPS) is 21.3. The molecule has 1 nitrogen and oxygen atoms in total. The van der Waals surface area contributed by atoms with E-state index in [1.54, 1.807) is 6.07 Å². The number of fused-ring (bicyclic) bond motifs is 2. The second-order valence-corrected chi connectivity index (χ2v) is 9.27. The summed E-state index contributed by atoms with van der Waals surface area (Å²) >= 11 is 6.56. The summed E-state index contributed by atoms with van der Waals surface area (Å²) in [5.74, 6) is -1.00. The topological polar surface area (TPSA) is 26.0 Å². The number of rotatable bonds is 3.